The van der Waals surface area contributed by atoms with Crippen LogP contribution in [0.25, 0.3) is 0 Å². The summed E-state index contributed by atoms with van der Waals surface area (Å²) in [5.41, 5.74) is -0.0197. The molecule has 0 amide bonds. The zero-order valence-electron chi connectivity index (χ0n) is 9.32. The van der Waals surface area contributed by atoms with Crippen molar-refractivity contribution in [2.24, 2.45) is 0 Å². The van der Waals surface area contributed by atoms with Gasteiger partial charge in [-0.15, -0.1) is 11.3 Å². The van der Waals surface area contributed by atoms with Crippen molar-refractivity contribution in [2.45, 2.75) is 6.54 Å². The van der Waals surface area contributed by atoms with E-state index in [0.717, 1.165) is 27.5 Å². The Morgan fingerprint density at radius 2 is 2.21 bits per heavy atom. The Balaban J connectivity index is 2.19. The van der Waals surface area contributed by atoms with Crippen molar-refractivity contribution in [1.82, 2.24) is 0 Å². The second kappa shape index (κ2) is 5.85. The van der Waals surface area contributed by atoms with Crippen LogP contribution in [0.5, 0.6) is 0 Å². The number of halogens is 3. The Bertz CT molecular complexity index is 616. The minimum Gasteiger partial charge on any atom is -0.375 e. The highest BCUT2D eigenvalue weighted by molar-refractivity contribution is 9.10. The fourth-order valence-corrected chi connectivity index (χ4v) is 3.20. The molecule has 2 rings (SSSR count). The first-order chi connectivity index (χ1) is 8.97. The number of anilines is 1. The second-order valence-electron chi connectivity index (χ2n) is 3.61. The Morgan fingerprint density at radius 3 is 2.79 bits per heavy atom. The minimum atomic E-state index is -0.556. The maximum absolute atomic E-state index is 13.1. The molecule has 0 unspecified atom stereocenters. The number of rotatable bonds is 4. The van der Waals surface area contributed by atoms with Crippen molar-refractivity contribution in [2.75, 3.05) is 5.32 Å². The van der Waals surface area contributed by atoms with Crippen LogP contribution in [0.1, 0.15) is 4.88 Å². The molecule has 100 valence electrons. The molecule has 0 atom stereocenters. The highest BCUT2D eigenvalue weighted by Gasteiger charge is 2.14. The highest BCUT2D eigenvalue weighted by atomic mass is 79.9. The molecule has 4 nitrogen and oxygen atoms in total. The van der Waals surface area contributed by atoms with Crippen molar-refractivity contribution in [3.63, 3.8) is 0 Å². The number of hydrogen-bond acceptors (Lipinski definition) is 4. The lowest BCUT2D eigenvalue weighted by molar-refractivity contribution is -0.384. The van der Waals surface area contributed by atoms with E-state index < -0.39 is 10.7 Å². The molecule has 0 saturated carbocycles. The van der Waals surface area contributed by atoms with Crippen LogP contribution in [0.15, 0.2) is 28.7 Å². The average molecular weight is 366 g/mol. The van der Waals surface area contributed by atoms with Crippen LogP contribution in [0.2, 0.25) is 4.34 Å². The number of hydrogen-bond donors (Lipinski definition) is 1. The van der Waals surface area contributed by atoms with E-state index in [-0.39, 0.29) is 11.4 Å². The van der Waals surface area contributed by atoms with E-state index in [1.807, 2.05) is 6.07 Å². The molecule has 0 saturated heterocycles. The van der Waals surface area contributed by atoms with E-state index >= 15 is 0 Å². The Labute approximate surface area is 125 Å². The molecule has 1 aromatic carbocycles. The summed E-state index contributed by atoms with van der Waals surface area (Å²) in [6.45, 7) is 0.334. The van der Waals surface area contributed by atoms with Gasteiger partial charge in [-0.2, -0.15) is 0 Å². The van der Waals surface area contributed by atoms with Gasteiger partial charge >= 0.3 is 0 Å². The van der Waals surface area contributed by atoms with E-state index in [1.54, 1.807) is 0 Å². The predicted octanol–water partition coefficient (Wildman–Crippen LogP) is 4.82. The van der Waals surface area contributed by atoms with Crippen LogP contribution in [-0.2, 0) is 6.54 Å². The first-order valence-corrected chi connectivity index (χ1v) is 7.07. The predicted molar refractivity (Wildman–Crippen MR) is 77.4 cm³/mol. The maximum atomic E-state index is 13.1. The molecule has 0 aliphatic rings. The monoisotopic (exact) mass is 364 g/mol. The van der Waals surface area contributed by atoms with Gasteiger partial charge in [0.2, 0.25) is 0 Å². The lowest BCUT2D eigenvalue weighted by Gasteiger charge is -2.05. The maximum Gasteiger partial charge on any atom is 0.292 e. The van der Waals surface area contributed by atoms with Gasteiger partial charge < -0.3 is 5.32 Å². The molecule has 1 heterocycles. The van der Waals surface area contributed by atoms with Gasteiger partial charge in [-0.1, -0.05) is 11.6 Å². The van der Waals surface area contributed by atoms with Crippen LogP contribution in [0, 0.1) is 15.9 Å². The summed E-state index contributed by atoms with van der Waals surface area (Å²) in [6, 6.07) is 5.10. The summed E-state index contributed by atoms with van der Waals surface area (Å²) in [4.78, 5) is 11.1. The van der Waals surface area contributed by atoms with Crippen molar-refractivity contribution in [3.8, 4) is 0 Å². The summed E-state index contributed by atoms with van der Waals surface area (Å²) in [7, 11) is 0. The zero-order chi connectivity index (χ0) is 14.0. The normalized spacial score (nSPS) is 10.5. The smallest absolute Gasteiger partial charge is 0.292 e. The number of nitro groups is 1. The van der Waals surface area contributed by atoms with Gasteiger partial charge in [-0.05, 0) is 28.1 Å². The Kier molecular flexibility index (Phi) is 4.38. The quantitative estimate of drug-likeness (QED) is 0.624. The third-order valence-corrected chi connectivity index (χ3v) is 4.78. The van der Waals surface area contributed by atoms with Crippen molar-refractivity contribution < 1.29 is 9.31 Å². The third-order valence-electron chi connectivity index (χ3n) is 2.30. The Morgan fingerprint density at radius 1 is 1.47 bits per heavy atom. The summed E-state index contributed by atoms with van der Waals surface area (Å²) in [6.07, 6.45) is 0. The van der Waals surface area contributed by atoms with E-state index in [4.69, 9.17) is 11.6 Å². The molecule has 8 heteroatoms. The van der Waals surface area contributed by atoms with E-state index in [1.165, 1.54) is 11.3 Å². The van der Waals surface area contributed by atoms with Gasteiger partial charge in [0.25, 0.3) is 5.69 Å². The highest BCUT2D eigenvalue weighted by Crippen LogP contribution is 2.33. The SMILES string of the molecule is O=[N+]([O-])c1ccc(F)cc1NCc1cc(Br)c(Cl)s1. The molecule has 0 spiro atoms. The molecular weight excluding hydrogens is 359 g/mol. The average Bonchev–Trinajstić information content (AvgIpc) is 2.66. The van der Waals surface area contributed by atoms with E-state index in [2.05, 4.69) is 21.2 Å². The van der Waals surface area contributed by atoms with Crippen LogP contribution < -0.4 is 5.32 Å². The second-order valence-corrected chi connectivity index (χ2v) is 6.20. The van der Waals surface area contributed by atoms with Crippen molar-refractivity contribution >= 4 is 50.2 Å². The fraction of sp³-hybridized carbons (Fsp3) is 0.0909. The van der Waals surface area contributed by atoms with Gasteiger partial charge in [0.15, 0.2) is 0 Å². The topological polar surface area (TPSA) is 55.2 Å². The molecule has 19 heavy (non-hydrogen) atoms. The standard InChI is InChI=1S/C11H7BrClFN2O2S/c12-8-4-7(19-11(8)13)5-15-9-3-6(14)1-2-10(9)16(17)18/h1-4,15H,5H2. The number of benzene rings is 1. The largest absolute Gasteiger partial charge is 0.375 e. The first-order valence-electron chi connectivity index (χ1n) is 5.09. The van der Waals surface area contributed by atoms with E-state index in [0.29, 0.717) is 10.9 Å². The molecular formula is C11H7BrClFN2O2S. The van der Waals surface area contributed by atoms with Gasteiger partial charge in [-0.25, -0.2) is 4.39 Å². The third kappa shape index (κ3) is 3.43. The van der Waals surface area contributed by atoms with Crippen molar-refractivity contribution in [1.29, 1.82) is 0 Å². The molecule has 0 aliphatic heterocycles. The lowest BCUT2D eigenvalue weighted by atomic mass is 10.2. The van der Waals surface area contributed by atoms with E-state index in [9.17, 15) is 14.5 Å². The van der Waals surface area contributed by atoms with Gasteiger partial charge in [0.05, 0.1) is 4.92 Å². The fourth-order valence-electron chi connectivity index (χ4n) is 1.47. The molecule has 0 bridgehead atoms. The van der Waals surface area contributed by atoms with Crippen LogP contribution in [0.3, 0.4) is 0 Å². The molecule has 1 N–H and O–H groups in total. The van der Waals surface area contributed by atoms with Crippen molar-refractivity contribution in [3.05, 3.63) is 53.9 Å². The minimum absolute atomic E-state index is 0.144. The van der Waals surface area contributed by atoms with Crippen LogP contribution >= 0.6 is 38.9 Å². The zero-order valence-corrected chi connectivity index (χ0v) is 12.5. The summed E-state index contributed by atoms with van der Waals surface area (Å²) >= 11 is 10.5. The van der Waals surface area contributed by atoms with Gasteiger partial charge in [0.1, 0.15) is 15.8 Å². The van der Waals surface area contributed by atoms with Gasteiger partial charge in [0, 0.05) is 28.0 Å². The molecule has 0 fully saturated rings. The Hall–Kier alpha value is -1.18. The summed E-state index contributed by atoms with van der Waals surface area (Å²) in [5.74, 6) is -0.529. The summed E-state index contributed by atoms with van der Waals surface area (Å²) in [5, 5.41) is 13.7. The number of nitrogens with zero attached hydrogens (tertiary/aromatic N) is 1. The number of nitrogens with one attached hydrogen (secondary N) is 1. The molecule has 2 aromatic rings. The molecule has 0 aliphatic carbocycles. The molecule has 0 radical (unpaired) electrons. The van der Waals surface area contributed by atoms with Gasteiger partial charge in [-0.3, -0.25) is 10.1 Å². The lowest BCUT2D eigenvalue weighted by Crippen LogP contribution is -2.02. The molecule has 1 aromatic heterocycles. The van der Waals surface area contributed by atoms with Crippen LogP contribution in [-0.4, -0.2) is 4.92 Å². The summed E-state index contributed by atoms with van der Waals surface area (Å²) < 4.78 is 14.5. The number of thiophene rings is 1. The number of nitro benzene ring substituents is 1. The van der Waals surface area contributed by atoms with Crippen LogP contribution in [0.4, 0.5) is 15.8 Å². The first kappa shape index (κ1) is 14.2.